The minimum atomic E-state index is -3.51. The maximum Gasteiger partial charge on any atom is 0.243 e. The van der Waals surface area contributed by atoms with Crippen molar-refractivity contribution < 1.29 is 27.5 Å². The minimum absolute atomic E-state index is 0.0594. The van der Waals surface area contributed by atoms with E-state index in [1.54, 1.807) is 56.3 Å². The number of methoxy groups -OCH3 is 1. The predicted molar refractivity (Wildman–Crippen MR) is 131 cm³/mol. The van der Waals surface area contributed by atoms with E-state index >= 15 is 0 Å². The molecule has 34 heavy (non-hydrogen) atoms. The van der Waals surface area contributed by atoms with Crippen LogP contribution in [0, 0.1) is 0 Å². The molecule has 0 heterocycles. The summed E-state index contributed by atoms with van der Waals surface area (Å²) in [6, 6.07) is 11.3. The van der Waals surface area contributed by atoms with E-state index in [9.17, 15) is 18.0 Å². The van der Waals surface area contributed by atoms with Gasteiger partial charge < -0.3 is 14.8 Å². The molecule has 0 aliphatic rings. The lowest BCUT2D eigenvalue weighted by Gasteiger charge is -2.19. The summed E-state index contributed by atoms with van der Waals surface area (Å²) >= 11 is 0. The predicted octanol–water partition coefficient (Wildman–Crippen LogP) is 3.96. The van der Waals surface area contributed by atoms with E-state index < -0.39 is 10.0 Å². The summed E-state index contributed by atoms with van der Waals surface area (Å²) in [6.45, 7) is 8.08. The van der Waals surface area contributed by atoms with E-state index in [2.05, 4.69) is 5.32 Å². The molecule has 2 rings (SSSR count). The fourth-order valence-corrected chi connectivity index (χ4v) is 4.92. The number of hydrogen-bond donors (Lipinski definition) is 1. The number of ether oxygens (including phenoxy) is 2. The molecular formula is C25H34N2O6S. The highest BCUT2D eigenvalue weighted by molar-refractivity contribution is 7.89. The van der Waals surface area contributed by atoms with Crippen LogP contribution in [0.5, 0.6) is 11.5 Å². The molecule has 1 N–H and O–H groups in total. The molecule has 0 bridgehead atoms. The van der Waals surface area contributed by atoms with Gasteiger partial charge in [0.1, 0.15) is 0 Å². The Labute approximate surface area is 202 Å². The Hall–Kier alpha value is -2.91. The first-order valence-corrected chi connectivity index (χ1v) is 12.8. The van der Waals surface area contributed by atoms with E-state index in [0.29, 0.717) is 43.2 Å². The molecule has 0 aromatic heterocycles. The first-order valence-electron chi connectivity index (χ1n) is 11.3. The molecule has 1 amide bonds. The number of carbonyl (C=O) groups excluding carboxylic acids is 2. The van der Waals surface area contributed by atoms with E-state index in [1.807, 2.05) is 6.92 Å². The number of sulfonamides is 1. The number of carbonyl (C=O) groups is 2. The molecule has 0 saturated heterocycles. The van der Waals surface area contributed by atoms with Gasteiger partial charge in [0.2, 0.25) is 15.9 Å². The number of nitrogens with zero attached hydrogens (tertiary/aromatic N) is 1. The van der Waals surface area contributed by atoms with Crippen molar-refractivity contribution in [3.63, 3.8) is 0 Å². The zero-order valence-corrected chi connectivity index (χ0v) is 21.3. The van der Waals surface area contributed by atoms with Gasteiger partial charge in [-0.25, -0.2) is 8.42 Å². The maximum absolute atomic E-state index is 12.6. The van der Waals surface area contributed by atoms with Gasteiger partial charge in [-0.3, -0.25) is 9.59 Å². The van der Waals surface area contributed by atoms with Gasteiger partial charge in [-0.1, -0.05) is 26.0 Å². The summed E-state index contributed by atoms with van der Waals surface area (Å²) in [7, 11) is -2.00. The molecule has 1 atom stereocenters. The molecule has 8 nitrogen and oxygen atoms in total. The Bertz CT molecular complexity index is 1080. The monoisotopic (exact) mass is 490 g/mol. The van der Waals surface area contributed by atoms with Crippen LogP contribution in [0.15, 0.2) is 47.4 Å². The van der Waals surface area contributed by atoms with E-state index in [4.69, 9.17) is 9.47 Å². The number of hydrogen-bond acceptors (Lipinski definition) is 6. The summed E-state index contributed by atoms with van der Waals surface area (Å²) in [5.41, 5.74) is 1.36. The van der Waals surface area contributed by atoms with Gasteiger partial charge in [0, 0.05) is 25.1 Å². The highest BCUT2D eigenvalue weighted by Crippen LogP contribution is 2.28. The number of Topliss-reactive ketones (excluding diaryl/α,β-unsaturated/α-hetero) is 1. The van der Waals surface area contributed by atoms with Crippen LogP contribution in [0.2, 0.25) is 0 Å². The minimum Gasteiger partial charge on any atom is -0.493 e. The number of ketones is 1. The molecule has 0 spiro atoms. The number of rotatable bonds is 13. The van der Waals surface area contributed by atoms with Crippen molar-refractivity contribution >= 4 is 21.7 Å². The summed E-state index contributed by atoms with van der Waals surface area (Å²) in [5.74, 6) is 0.795. The average molecular weight is 491 g/mol. The molecule has 1 unspecified atom stereocenters. The first kappa shape index (κ1) is 27.3. The second-order valence-corrected chi connectivity index (χ2v) is 9.76. The summed E-state index contributed by atoms with van der Waals surface area (Å²) in [5, 5.41) is 2.92. The smallest absolute Gasteiger partial charge is 0.243 e. The molecule has 2 aromatic rings. The van der Waals surface area contributed by atoms with Crippen LogP contribution in [0.25, 0.3) is 0 Å². The highest BCUT2D eigenvalue weighted by Gasteiger charge is 2.21. The molecule has 9 heteroatoms. The first-order chi connectivity index (χ1) is 16.1. The maximum atomic E-state index is 12.6. The Morgan fingerprint density at radius 2 is 1.68 bits per heavy atom. The van der Waals surface area contributed by atoms with Crippen LogP contribution >= 0.6 is 0 Å². The molecular weight excluding hydrogens is 456 g/mol. The quantitative estimate of drug-likeness (QED) is 0.337. The average Bonchev–Trinajstić information content (AvgIpc) is 2.82. The van der Waals surface area contributed by atoms with Crippen LogP contribution in [0.1, 0.15) is 62.5 Å². The topological polar surface area (TPSA) is 102 Å². The zero-order valence-electron chi connectivity index (χ0n) is 20.5. The van der Waals surface area contributed by atoms with E-state index in [1.165, 1.54) is 18.3 Å². The lowest BCUT2D eigenvalue weighted by atomic mass is 10.1. The third-order valence-corrected chi connectivity index (χ3v) is 7.54. The van der Waals surface area contributed by atoms with Gasteiger partial charge in [-0.05, 0) is 56.2 Å². The van der Waals surface area contributed by atoms with Gasteiger partial charge in [0.25, 0.3) is 0 Å². The van der Waals surface area contributed by atoms with Crippen molar-refractivity contribution in [1.29, 1.82) is 0 Å². The second-order valence-electron chi connectivity index (χ2n) is 7.82. The van der Waals surface area contributed by atoms with Gasteiger partial charge in [0.05, 0.1) is 24.7 Å². The van der Waals surface area contributed by atoms with Crippen LogP contribution in [0.4, 0.5) is 0 Å². The van der Waals surface area contributed by atoms with Crippen molar-refractivity contribution in [3.8, 4) is 11.5 Å². The van der Waals surface area contributed by atoms with Gasteiger partial charge in [-0.2, -0.15) is 4.31 Å². The Kier molecular flexibility index (Phi) is 10.1. The molecule has 0 saturated carbocycles. The summed E-state index contributed by atoms with van der Waals surface area (Å²) in [6.07, 6.45) is 0.768. The van der Waals surface area contributed by atoms with Crippen LogP contribution in [0.3, 0.4) is 0 Å². The van der Waals surface area contributed by atoms with E-state index in [0.717, 1.165) is 5.56 Å². The summed E-state index contributed by atoms with van der Waals surface area (Å²) in [4.78, 5) is 24.1. The van der Waals surface area contributed by atoms with Crippen molar-refractivity contribution in [3.05, 3.63) is 53.6 Å². The third-order valence-electron chi connectivity index (χ3n) is 5.48. The molecule has 0 radical (unpaired) electrons. The standard InChI is InChI=1S/C25H34N2O6S/c1-6-27(7-2)34(30,31)22-13-10-20(11-14-22)18(3)26-25(29)9-8-16-33-23-15-12-21(19(4)28)17-24(23)32-5/h10-15,17-18H,6-9,16H2,1-5H3,(H,26,29). The van der Waals surface area contributed by atoms with E-state index in [-0.39, 0.29) is 29.0 Å². The normalized spacial score (nSPS) is 12.3. The number of amides is 1. The molecule has 186 valence electrons. The number of benzene rings is 2. The number of nitrogens with one attached hydrogen (secondary N) is 1. The lowest BCUT2D eigenvalue weighted by molar-refractivity contribution is -0.121. The van der Waals surface area contributed by atoms with Crippen LogP contribution in [-0.4, -0.2) is 51.2 Å². The molecule has 2 aromatic carbocycles. The second kappa shape index (κ2) is 12.5. The van der Waals surface area contributed by atoms with Crippen molar-refractivity contribution in [2.75, 3.05) is 26.8 Å². The van der Waals surface area contributed by atoms with Gasteiger partial charge in [-0.15, -0.1) is 0 Å². The highest BCUT2D eigenvalue weighted by atomic mass is 32.2. The van der Waals surface area contributed by atoms with Crippen molar-refractivity contribution in [1.82, 2.24) is 9.62 Å². The zero-order chi connectivity index (χ0) is 25.3. The lowest BCUT2D eigenvalue weighted by Crippen LogP contribution is -2.30. The Morgan fingerprint density at radius 3 is 2.24 bits per heavy atom. The fourth-order valence-electron chi connectivity index (χ4n) is 3.46. The van der Waals surface area contributed by atoms with Crippen LogP contribution in [-0.2, 0) is 14.8 Å². The largest absolute Gasteiger partial charge is 0.493 e. The van der Waals surface area contributed by atoms with Crippen molar-refractivity contribution in [2.24, 2.45) is 0 Å². The van der Waals surface area contributed by atoms with Crippen LogP contribution < -0.4 is 14.8 Å². The Balaban J connectivity index is 1.86. The van der Waals surface area contributed by atoms with Gasteiger partial charge in [0.15, 0.2) is 17.3 Å². The molecule has 0 aliphatic heterocycles. The Morgan fingerprint density at radius 1 is 1.03 bits per heavy atom. The summed E-state index contributed by atoms with van der Waals surface area (Å²) < 4.78 is 37.6. The van der Waals surface area contributed by atoms with Crippen molar-refractivity contribution in [2.45, 2.75) is 51.5 Å². The molecule has 0 aliphatic carbocycles. The molecule has 0 fully saturated rings. The van der Waals surface area contributed by atoms with Gasteiger partial charge >= 0.3 is 0 Å². The third kappa shape index (κ3) is 7.04. The fraction of sp³-hybridized carbons (Fsp3) is 0.440. The SMILES string of the molecule is CCN(CC)S(=O)(=O)c1ccc(C(C)NC(=O)CCCOc2ccc(C(C)=O)cc2OC)cc1.